The van der Waals surface area contributed by atoms with Gasteiger partial charge in [-0.3, -0.25) is 9.59 Å². The van der Waals surface area contributed by atoms with Crippen LogP contribution in [0.1, 0.15) is 28.8 Å². The Labute approximate surface area is 134 Å². The lowest BCUT2D eigenvalue weighted by Crippen LogP contribution is -2.28. The smallest absolute Gasteiger partial charge is 0.252 e. The second-order valence-electron chi connectivity index (χ2n) is 5.61. The van der Waals surface area contributed by atoms with Gasteiger partial charge in [-0.15, -0.1) is 0 Å². The lowest BCUT2D eigenvalue weighted by Gasteiger charge is -2.13. The van der Waals surface area contributed by atoms with Crippen LogP contribution in [0.15, 0.2) is 65.5 Å². The number of fused-ring (bicyclic) bond motifs is 1. The molecule has 1 unspecified atom stereocenters. The highest BCUT2D eigenvalue weighted by Gasteiger charge is 2.13. The molecule has 0 aliphatic rings. The predicted octanol–water partition coefficient (Wildman–Crippen LogP) is 3.06. The maximum Gasteiger partial charge on any atom is 0.252 e. The van der Waals surface area contributed by atoms with Crippen LogP contribution in [0.2, 0.25) is 0 Å². The quantitative estimate of drug-likeness (QED) is 0.778. The molecule has 0 aliphatic carbocycles. The number of H-pyrrole nitrogens is 1. The fourth-order valence-electron chi connectivity index (χ4n) is 2.63. The molecule has 1 atom stereocenters. The zero-order valence-electron chi connectivity index (χ0n) is 12.9. The Kier molecular flexibility index (Phi) is 4.24. The molecule has 0 aliphatic heterocycles. The van der Waals surface area contributed by atoms with Crippen molar-refractivity contribution < 1.29 is 4.79 Å². The van der Waals surface area contributed by atoms with E-state index in [0.717, 1.165) is 5.39 Å². The van der Waals surface area contributed by atoms with Crippen molar-refractivity contribution in [1.82, 2.24) is 10.3 Å². The maximum atomic E-state index is 12.5. The normalized spacial score (nSPS) is 12.0. The van der Waals surface area contributed by atoms with E-state index < -0.39 is 0 Å². The number of hydrogen-bond acceptors (Lipinski definition) is 2. The summed E-state index contributed by atoms with van der Waals surface area (Å²) in [6, 6.07) is 18.7. The minimum atomic E-state index is -0.273. The highest BCUT2D eigenvalue weighted by atomic mass is 16.2. The number of benzene rings is 2. The molecule has 1 heterocycles. The Morgan fingerprint density at radius 3 is 2.57 bits per heavy atom. The summed E-state index contributed by atoms with van der Waals surface area (Å²) in [4.78, 5) is 27.0. The van der Waals surface area contributed by atoms with Gasteiger partial charge in [-0.25, -0.2) is 0 Å². The highest BCUT2D eigenvalue weighted by molar-refractivity contribution is 6.05. The van der Waals surface area contributed by atoms with E-state index in [1.165, 1.54) is 11.6 Å². The highest BCUT2D eigenvalue weighted by Crippen LogP contribution is 2.16. The fraction of sp³-hybridized carbons (Fsp3) is 0.158. The first kappa shape index (κ1) is 15.0. The summed E-state index contributed by atoms with van der Waals surface area (Å²) in [6.45, 7) is 2.58. The molecule has 3 rings (SSSR count). The SMILES string of the molecule is CC(CNC(=O)c1cc(=O)[nH]c2ccccc12)c1ccccc1. The third-order valence-corrected chi connectivity index (χ3v) is 3.93. The largest absolute Gasteiger partial charge is 0.351 e. The molecule has 0 radical (unpaired) electrons. The Hall–Kier alpha value is -2.88. The molecule has 3 aromatic rings. The maximum absolute atomic E-state index is 12.5. The average Bonchev–Trinajstić information content (AvgIpc) is 2.59. The van der Waals surface area contributed by atoms with Crippen LogP contribution in [-0.2, 0) is 0 Å². The molecular formula is C19H18N2O2. The molecule has 0 bridgehead atoms. The number of para-hydroxylation sites is 1. The van der Waals surface area contributed by atoms with Gasteiger partial charge in [-0.2, -0.15) is 0 Å². The molecule has 1 amide bonds. The summed E-state index contributed by atoms with van der Waals surface area (Å²) >= 11 is 0. The van der Waals surface area contributed by atoms with Crippen molar-refractivity contribution in [3.8, 4) is 0 Å². The number of aromatic amines is 1. The molecule has 4 nitrogen and oxygen atoms in total. The first-order valence-electron chi connectivity index (χ1n) is 7.60. The summed E-state index contributed by atoms with van der Waals surface area (Å²) in [7, 11) is 0. The second-order valence-corrected chi connectivity index (χ2v) is 5.61. The zero-order chi connectivity index (χ0) is 16.2. The number of carbonyl (C=O) groups excluding carboxylic acids is 1. The van der Waals surface area contributed by atoms with Crippen molar-refractivity contribution in [2.45, 2.75) is 12.8 Å². The van der Waals surface area contributed by atoms with Crippen LogP contribution in [0.4, 0.5) is 0 Å². The summed E-state index contributed by atoms with van der Waals surface area (Å²) in [5, 5.41) is 3.67. The first-order valence-corrected chi connectivity index (χ1v) is 7.60. The van der Waals surface area contributed by atoms with Crippen molar-refractivity contribution in [3.05, 3.63) is 82.1 Å². The second kappa shape index (κ2) is 6.48. The summed E-state index contributed by atoms with van der Waals surface area (Å²) in [5.74, 6) is -0.0245. The van der Waals surface area contributed by atoms with Gasteiger partial charge in [0.2, 0.25) is 5.56 Å². The summed E-state index contributed by atoms with van der Waals surface area (Å²) in [6.07, 6.45) is 0. The lowest BCUT2D eigenvalue weighted by molar-refractivity contribution is 0.0953. The molecule has 0 saturated carbocycles. The molecule has 0 fully saturated rings. The van der Waals surface area contributed by atoms with E-state index in [9.17, 15) is 9.59 Å². The number of pyridine rings is 1. The van der Waals surface area contributed by atoms with Crippen LogP contribution in [0.5, 0.6) is 0 Å². The minimum absolute atomic E-state index is 0.202. The standard InChI is InChI=1S/C19H18N2O2/c1-13(14-7-3-2-4-8-14)12-20-19(23)16-11-18(22)21-17-10-6-5-9-15(16)17/h2-11,13H,12H2,1H3,(H,20,23)(H,21,22). The van der Waals surface area contributed by atoms with E-state index in [1.807, 2.05) is 48.5 Å². The van der Waals surface area contributed by atoms with Crippen molar-refractivity contribution in [2.24, 2.45) is 0 Å². The van der Waals surface area contributed by atoms with Gasteiger partial charge in [0.1, 0.15) is 0 Å². The van der Waals surface area contributed by atoms with Crippen LogP contribution in [0, 0.1) is 0 Å². The van der Waals surface area contributed by atoms with E-state index in [0.29, 0.717) is 17.6 Å². The van der Waals surface area contributed by atoms with Crippen LogP contribution < -0.4 is 10.9 Å². The molecule has 4 heteroatoms. The first-order chi connectivity index (χ1) is 11.1. The number of amides is 1. The number of rotatable bonds is 4. The fourth-order valence-corrected chi connectivity index (χ4v) is 2.63. The van der Waals surface area contributed by atoms with E-state index in [2.05, 4.69) is 17.2 Å². The summed E-state index contributed by atoms with van der Waals surface area (Å²) in [5.41, 5.74) is 1.97. The van der Waals surface area contributed by atoms with Crippen molar-refractivity contribution in [1.29, 1.82) is 0 Å². The van der Waals surface area contributed by atoms with E-state index in [-0.39, 0.29) is 17.4 Å². The predicted molar refractivity (Wildman–Crippen MR) is 91.8 cm³/mol. The number of hydrogen-bond donors (Lipinski definition) is 2. The number of carbonyl (C=O) groups is 1. The number of nitrogens with one attached hydrogen (secondary N) is 2. The van der Waals surface area contributed by atoms with Gasteiger partial charge in [0.25, 0.3) is 5.91 Å². The van der Waals surface area contributed by atoms with E-state index >= 15 is 0 Å². The zero-order valence-corrected chi connectivity index (χ0v) is 12.9. The van der Waals surface area contributed by atoms with Crippen molar-refractivity contribution >= 4 is 16.8 Å². The monoisotopic (exact) mass is 306 g/mol. The lowest BCUT2D eigenvalue weighted by atomic mass is 10.0. The molecule has 0 spiro atoms. The molecule has 116 valence electrons. The molecule has 1 aromatic heterocycles. The van der Waals surface area contributed by atoms with Gasteiger partial charge in [-0.05, 0) is 17.5 Å². The molecule has 23 heavy (non-hydrogen) atoms. The van der Waals surface area contributed by atoms with Gasteiger partial charge < -0.3 is 10.3 Å². The minimum Gasteiger partial charge on any atom is -0.351 e. The van der Waals surface area contributed by atoms with Gasteiger partial charge in [0.15, 0.2) is 0 Å². The van der Waals surface area contributed by atoms with Gasteiger partial charge in [-0.1, -0.05) is 55.5 Å². The van der Waals surface area contributed by atoms with E-state index in [1.54, 1.807) is 6.07 Å². The van der Waals surface area contributed by atoms with Gasteiger partial charge in [0.05, 0.1) is 5.56 Å². The van der Waals surface area contributed by atoms with Crippen molar-refractivity contribution in [2.75, 3.05) is 6.54 Å². The molecule has 0 saturated heterocycles. The molecule has 2 aromatic carbocycles. The average molecular weight is 306 g/mol. The Bertz CT molecular complexity index is 885. The van der Waals surface area contributed by atoms with Crippen LogP contribution in [0.3, 0.4) is 0 Å². The molecule has 2 N–H and O–H groups in total. The topological polar surface area (TPSA) is 62.0 Å². The number of aromatic nitrogens is 1. The third kappa shape index (κ3) is 3.31. The van der Waals surface area contributed by atoms with Gasteiger partial charge in [0, 0.05) is 23.5 Å². The van der Waals surface area contributed by atoms with Crippen molar-refractivity contribution in [3.63, 3.8) is 0 Å². The van der Waals surface area contributed by atoms with Crippen LogP contribution in [0.25, 0.3) is 10.9 Å². The van der Waals surface area contributed by atoms with Crippen LogP contribution >= 0.6 is 0 Å². The Morgan fingerprint density at radius 1 is 1.09 bits per heavy atom. The van der Waals surface area contributed by atoms with Crippen LogP contribution in [-0.4, -0.2) is 17.4 Å². The third-order valence-electron chi connectivity index (χ3n) is 3.93. The molecular weight excluding hydrogens is 288 g/mol. The summed E-state index contributed by atoms with van der Waals surface area (Å²) < 4.78 is 0. The Balaban J connectivity index is 1.80. The Morgan fingerprint density at radius 2 is 1.78 bits per heavy atom. The van der Waals surface area contributed by atoms with E-state index in [4.69, 9.17) is 0 Å². The van der Waals surface area contributed by atoms with Gasteiger partial charge >= 0.3 is 0 Å².